The Hall–Kier alpha value is -0.870. The molecular formula is C14H21BrN2O. The Morgan fingerprint density at radius 1 is 1.28 bits per heavy atom. The number of aryl methyl sites for hydroxylation is 1. The van der Waals surface area contributed by atoms with Crippen LogP contribution in [0.5, 0.6) is 0 Å². The first-order valence-electron chi connectivity index (χ1n) is 5.90. The molecule has 2 aromatic rings. The lowest BCUT2D eigenvalue weighted by molar-refractivity contribution is 0.0397. The molecule has 0 radical (unpaired) electrons. The van der Waals surface area contributed by atoms with Gasteiger partial charge in [0, 0.05) is 24.9 Å². The minimum Gasteiger partial charge on any atom is -0.379 e. The van der Waals surface area contributed by atoms with Crippen LogP contribution in [-0.4, -0.2) is 22.5 Å². The first-order chi connectivity index (χ1) is 8.39. The van der Waals surface area contributed by atoms with E-state index in [1.807, 2.05) is 44.6 Å². The fourth-order valence-electron chi connectivity index (χ4n) is 1.39. The molecule has 0 aliphatic carbocycles. The van der Waals surface area contributed by atoms with Gasteiger partial charge in [-0.15, -0.1) is 0 Å². The maximum Gasteiger partial charge on any atom is 0.0808 e. The zero-order valence-corrected chi connectivity index (χ0v) is 13.3. The normalized spacial score (nSPS) is 11.2. The summed E-state index contributed by atoms with van der Waals surface area (Å²) < 4.78 is 6.85. The summed E-state index contributed by atoms with van der Waals surface area (Å²) in [5, 5.41) is 6.43. The highest BCUT2D eigenvalue weighted by Gasteiger charge is 2.05. The van der Waals surface area contributed by atoms with Crippen LogP contribution in [0.15, 0.2) is 24.3 Å². The first kappa shape index (κ1) is 15.2. The predicted octanol–water partition coefficient (Wildman–Crippen LogP) is 3.90. The second-order valence-electron chi connectivity index (χ2n) is 5.04. The number of aromatic nitrogens is 2. The van der Waals surface area contributed by atoms with Crippen molar-refractivity contribution in [2.75, 3.05) is 7.11 Å². The van der Waals surface area contributed by atoms with E-state index in [9.17, 15) is 0 Å². The number of methoxy groups -OCH3 is 1. The summed E-state index contributed by atoms with van der Waals surface area (Å²) in [6.45, 7) is 6.06. The number of benzene rings is 1. The number of alkyl halides is 1. The van der Waals surface area contributed by atoms with E-state index in [1.165, 1.54) is 10.9 Å². The van der Waals surface area contributed by atoms with Gasteiger partial charge in [-0.1, -0.05) is 34.1 Å². The van der Waals surface area contributed by atoms with Crippen molar-refractivity contribution in [1.29, 1.82) is 0 Å². The number of ether oxygens (including phenoxy) is 1. The molecule has 0 atom stereocenters. The molecule has 0 aliphatic heterocycles. The average molecular weight is 313 g/mol. The van der Waals surface area contributed by atoms with Crippen LogP contribution in [0, 0.1) is 0 Å². The van der Waals surface area contributed by atoms with Crippen molar-refractivity contribution in [3.8, 4) is 0 Å². The fraction of sp³-hybridized carbons (Fsp3) is 0.500. The van der Waals surface area contributed by atoms with Gasteiger partial charge >= 0.3 is 0 Å². The molecule has 1 aromatic carbocycles. The van der Waals surface area contributed by atoms with Crippen molar-refractivity contribution >= 4 is 26.8 Å². The molecule has 1 aromatic heterocycles. The van der Waals surface area contributed by atoms with Gasteiger partial charge in [-0.2, -0.15) is 5.10 Å². The molecule has 1 heterocycles. The summed E-state index contributed by atoms with van der Waals surface area (Å²) in [4.78, 5) is 0. The molecule has 0 fully saturated rings. The Balaban J connectivity index is 0.000000232. The lowest BCUT2D eigenvalue weighted by Crippen LogP contribution is -2.15. The van der Waals surface area contributed by atoms with E-state index in [0.717, 1.165) is 11.0 Å². The van der Waals surface area contributed by atoms with Gasteiger partial charge in [0.2, 0.25) is 0 Å². The van der Waals surface area contributed by atoms with E-state index < -0.39 is 0 Å². The Morgan fingerprint density at radius 2 is 1.83 bits per heavy atom. The lowest BCUT2D eigenvalue weighted by atomic mass is 10.2. The summed E-state index contributed by atoms with van der Waals surface area (Å²) >= 11 is 3.42. The molecule has 0 saturated carbocycles. The second-order valence-corrected chi connectivity index (χ2v) is 5.60. The second kappa shape index (κ2) is 6.34. The van der Waals surface area contributed by atoms with E-state index in [0.29, 0.717) is 0 Å². The highest BCUT2D eigenvalue weighted by atomic mass is 79.9. The molecule has 0 amide bonds. The Bertz CT molecular complexity index is 500. The van der Waals surface area contributed by atoms with Crippen LogP contribution in [-0.2, 0) is 17.1 Å². The standard InChI is InChI=1S/C9H9BrN2.C5H12O/c1-12-9-5-3-2-4-7(9)8(6-10)11-12;1-5(2,3)6-4/h2-5H,6H2,1H3;1-4H3. The number of halogens is 1. The maximum absolute atomic E-state index is 4.94. The molecule has 0 spiro atoms. The Kier molecular flexibility index (Phi) is 5.35. The van der Waals surface area contributed by atoms with Gasteiger partial charge in [0.05, 0.1) is 16.8 Å². The molecule has 3 nitrogen and oxygen atoms in total. The molecule has 0 N–H and O–H groups in total. The van der Waals surface area contributed by atoms with E-state index in [-0.39, 0.29) is 5.60 Å². The van der Waals surface area contributed by atoms with Crippen LogP contribution in [0.1, 0.15) is 26.5 Å². The zero-order chi connectivity index (χ0) is 13.8. The molecule has 0 unspecified atom stereocenters. The summed E-state index contributed by atoms with van der Waals surface area (Å²) in [7, 11) is 3.68. The van der Waals surface area contributed by atoms with Crippen molar-refractivity contribution in [1.82, 2.24) is 9.78 Å². The number of rotatable bonds is 1. The number of hydrogen-bond donors (Lipinski definition) is 0. The molecule has 4 heteroatoms. The SMILES string of the molecule is COC(C)(C)C.Cn1nc(CBr)c2ccccc21. The van der Waals surface area contributed by atoms with Gasteiger partial charge in [-0.05, 0) is 26.8 Å². The Morgan fingerprint density at radius 3 is 2.33 bits per heavy atom. The van der Waals surface area contributed by atoms with Crippen LogP contribution in [0.3, 0.4) is 0 Å². The van der Waals surface area contributed by atoms with Crippen LogP contribution < -0.4 is 0 Å². The van der Waals surface area contributed by atoms with Crippen LogP contribution >= 0.6 is 15.9 Å². The molecule has 18 heavy (non-hydrogen) atoms. The van der Waals surface area contributed by atoms with Gasteiger partial charge in [-0.3, -0.25) is 4.68 Å². The largest absolute Gasteiger partial charge is 0.379 e. The first-order valence-corrected chi connectivity index (χ1v) is 7.03. The molecule has 0 aliphatic rings. The summed E-state index contributed by atoms with van der Waals surface area (Å²) in [5.41, 5.74) is 2.33. The highest BCUT2D eigenvalue weighted by Crippen LogP contribution is 2.18. The van der Waals surface area contributed by atoms with Crippen LogP contribution in [0.2, 0.25) is 0 Å². The van der Waals surface area contributed by atoms with Crippen molar-refractivity contribution in [3.63, 3.8) is 0 Å². The van der Waals surface area contributed by atoms with Crippen LogP contribution in [0.4, 0.5) is 0 Å². The third kappa shape index (κ3) is 4.10. The van der Waals surface area contributed by atoms with Crippen molar-refractivity contribution in [2.24, 2.45) is 7.05 Å². The number of fused-ring (bicyclic) bond motifs is 1. The smallest absolute Gasteiger partial charge is 0.0808 e. The van der Waals surface area contributed by atoms with E-state index in [4.69, 9.17) is 4.74 Å². The summed E-state index contributed by atoms with van der Waals surface area (Å²) in [5.74, 6) is 0. The van der Waals surface area contributed by atoms with E-state index >= 15 is 0 Å². The van der Waals surface area contributed by atoms with Crippen molar-refractivity contribution < 1.29 is 4.74 Å². The lowest BCUT2D eigenvalue weighted by Gasteiger charge is -2.14. The minimum atomic E-state index is 0.0417. The zero-order valence-electron chi connectivity index (χ0n) is 11.7. The van der Waals surface area contributed by atoms with Gasteiger partial charge < -0.3 is 4.74 Å². The summed E-state index contributed by atoms with van der Waals surface area (Å²) in [6.07, 6.45) is 0. The molecule has 2 rings (SSSR count). The monoisotopic (exact) mass is 312 g/mol. The fourth-order valence-corrected chi connectivity index (χ4v) is 1.80. The van der Waals surface area contributed by atoms with Crippen molar-refractivity contribution in [3.05, 3.63) is 30.0 Å². The number of nitrogens with zero attached hydrogens (tertiary/aromatic N) is 2. The maximum atomic E-state index is 4.94. The van der Waals surface area contributed by atoms with Gasteiger partial charge in [-0.25, -0.2) is 0 Å². The Labute approximate surface area is 117 Å². The molecule has 0 saturated heterocycles. The highest BCUT2D eigenvalue weighted by molar-refractivity contribution is 9.08. The molecule has 0 bridgehead atoms. The number of hydrogen-bond acceptors (Lipinski definition) is 2. The van der Waals surface area contributed by atoms with Gasteiger partial charge in [0.15, 0.2) is 0 Å². The third-order valence-corrected chi connectivity index (χ3v) is 3.10. The quantitative estimate of drug-likeness (QED) is 0.747. The topological polar surface area (TPSA) is 27.1 Å². The minimum absolute atomic E-state index is 0.0417. The summed E-state index contributed by atoms with van der Waals surface area (Å²) in [6, 6.07) is 8.24. The van der Waals surface area contributed by atoms with Crippen molar-refractivity contribution in [2.45, 2.75) is 31.7 Å². The molecular weight excluding hydrogens is 292 g/mol. The van der Waals surface area contributed by atoms with Gasteiger partial charge in [0.25, 0.3) is 0 Å². The van der Waals surface area contributed by atoms with E-state index in [1.54, 1.807) is 7.11 Å². The van der Waals surface area contributed by atoms with Gasteiger partial charge in [0.1, 0.15) is 0 Å². The molecule has 100 valence electrons. The van der Waals surface area contributed by atoms with E-state index in [2.05, 4.69) is 33.2 Å². The van der Waals surface area contributed by atoms with Crippen LogP contribution in [0.25, 0.3) is 10.9 Å². The average Bonchev–Trinajstić information content (AvgIpc) is 2.67. The number of para-hydroxylation sites is 1. The third-order valence-electron chi connectivity index (χ3n) is 2.57. The predicted molar refractivity (Wildman–Crippen MR) is 80.1 cm³/mol.